The molecule has 23 heavy (non-hydrogen) atoms. The molecular weight excluding hydrogens is 306 g/mol. The molecule has 1 aromatic heterocycles. The highest BCUT2D eigenvalue weighted by Gasteiger charge is 2.19. The van der Waals surface area contributed by atoms with Gasteiger partial charge in [0.15, 0.2) is 0 Å². The van der Waals surface area contributed by atoms with E-state index in [9.17, 15) is 0 Å². The van der Waals surface area contributed by atoms with Crippen LogP contribution in [0.25, 0.3) is 11.0 Å². The Morgan fingerprint density at radius 3 is 2.48 bits per heavy atom. The van der Waals surface area contributed by atoms with Crippen LogP contribution in [0.15, 0.2) is 48.5 Å². The van der Waals surface area contributed by atoms with Crippen molar-refractivity contribution in [2.24, 2.45) is 0 Å². The maximum atomic E-state index is 6.38. The average Bonchev–Trinajstić information content (AvgIpc) is 2.96. The van der Waals surface area contributed by atoms with Gasteiger partial charge in [-0.15, -0.1) is 0 Å². The van der Waals surface area contributed by atoms with Crippen LogP contribution in [0.3, 0.4) is 0 Å². The number of halogens is 1. The number of para-hydroxylation sites is 2. The molecule has 0 spiro atoms. The Labute approximate surface area is 141 Å². The molecule has 0 radical (unpaired) electrons. The number of benzene rings is 2. The van der Waals surface area contributed by atoms with Crippen LogP contribution in [-0.2, 0) is 6.54 Å². The van der Waals surface area contributed by atoms with Crippen LogP contribution < -0.4 is 4.90 Å². The first-order valence-corrected chi connectivity index (χ1v) is 8.64. The standard InChI is InChI=1S/C19H20ClN3/c20-16-9-3-2-8-15(16)14-23-18-11-5-4-10-17(18)21-19(23)22-12-6-1-7-13-22/h2-5,8-11H,1,6-7,12-14H2. The van der Waals surface area contributed by atoms with Gasteiger partial charge in [0.1, 0.15) is 0 Å². The van der Waals surface area contributed by atoms with E-state index in [2.05, 4.69) is 39.8 Å². The molecule has 0 N–H and O–H groups in total. The number of imidazole rings is 1. The molecule has 4 rings (SSSR count). The summed E-state index contributed by atoms with van der Waals surface area (Å²) in [6, 6.07) is 16.4. The number of hydrogen-bond donors (Lipinski definition) is 0. The highest BCUT2D eigenvalue weighted by molar-refractivity contribution is 6.31. The van der Waals surface area contributed by atoms with Crippen LogP contribution in [-0.4, -0.2) is 22.6 Å². The summed E-state index contributed by atoms with van der Waals surface area (Å²) in [5, 5.41) is 0.815. The number of nitrogens with zero attached hydrogens (tertiary/aromatic N) is 3. The molecule has 4 heteroatoms. The molecule has 0 bridgehead atoms. The van der Waals surface area contributed by atoms with Crippen LogP contribution in [0.5, 0.6) is 0 Å². The van der Waals surface area contributed by atoms with Gasteiger partial charge in [-0.2, -0.15) is 0 Å². The molecule has 1 fully saturated rings. The van der Waals surface area contributed by atoms with Crippen LogP contribution >= 0.6 is 11.6 Å². The van der Waals surface area contributed by atoms with Crippen molar-refractivity contribution in [3.63, 3.8) is 0 Å². The SMILES string of the molecule is Clc1ccccc1Cn1c(N2CCCCC2)nc2ccccc21. The van der Waals surface area contributed by atoms with Gasteiger partial charge in [-0.05, 0) is 43.0 Å². The third-order valence-corrected chi connectivity index (χ3v) is 4.93. The van der Waals surface area contributed by atoms with Crippen LogP contribution in [0, 0.1) is 0 Å². The predicted octanol–water partition coefficient (Wildman–Crippen LogP) is 4.73. The lowest BCUT2D eigenvalue weighted by Crippen LogP contribution is -2.32. The Balaban J connectivity index is 1.81. The minimum atomic E-state index is 0.756. The first-order valence-electron chi connectivity index (χ1n) is 8.26. The van der Waals surface area contributed by atoms with Gasteiger partial charge in [0.2, 0.25) is 5.95 Å². The highest BCUT2D eigenvalue weighted by atomic mass is 35.5. The normalized spacial score (nSPS) is 15.3. The van der Waals surface area contributed by atoms with E-state index in [4.69, 9.17) is 16.6 Å². The lowest BCUT2D eigenvalue weighted by Gasteiger charge is -2.28. The predicted molar refractivity (Wildman–Crippen MR) is 96.4 cm³/mol. The smallest absolute Gasteiger partial charge is 0.206 e. The molecule has 3 aromatic rings. The van der Waals surface area contributed by atoms with E-state index in [1.54, 1.807) is 0 Å². The molecule has 3 nitrogen and oxygen atoms in total. The van der Waals surface area contributed by atoms with E-state index in [1.165, 1.54) is 24.8 Å². The first-order chi connectivity index (χ1) is 11.3. The summed E-state index contributed by atoms with van der Waals surface area (Å²) in [6.45, 7) is 2.93. The van der Waals surface area contributed by atoms with Gasteiger partial charge in [0.05, 0.1) is 17.6 Å². The molecule has 0 amide bonds. The molecule has 2 heterocycles. The van der Waals surface area contributed by atoms with Crippen molar-refractivity contribution in [1.29, 1.82) is 0 Å². The second-order valence-electron chi connectivity index (χ2n) is 6.13. The van der Waals surface area contributed by atoms with Crippen LogP contribution in [0.1, 0.15) is 24.8 Å². The Hall–Kier alpha value is -2.00. The number of piperidine rings is 1. The van der Waals surface area contributed by atoms with Crippen LogP contribution in [0.4, 0.5) is 5.95 Å². The second-order valence-corrected chi connectivity index (χ2v) is 6.53. The fraction of sp³-hybridized carbons (Fsp3) is 0.316. The van der Waals surface area contributed by atoms with Crippen molar-refractivity contribution in [2.75, 3.05) is 18.0 Å². The zero-order chi connectivity index (χ0) is 15.6. The molecule has 0 aliphatic carbocycles. The molecule has 1 aliphatic heterocycles. The largest absolute Gasteiger partial charge is 0.342 e. The topological polar surface area (TPSA) is 21.1 Å². The third kappa shape index (κ3) is 2.81. The second kappa shape index (κ2) is 6.25. The minimum absolute atomic E-state index is 0.756. The van der Waals surface area contributed by atoms with E-state index in [1.807, 2.05) is 18.2 Å². The molecule has 1 aliphatic rings. The van der Waals surface area contributed by atoms with Crippen molar-refractivity contribution in [3.8, 4) is 0 Å². The zero-order valence-electron chi connectivity index (χ0n) is 13.1. The summed E-state index contributed by atoms with van der Waals surface area (Å²) in [5.74, 6) is 1.07. The monoisotopic (exact) mass is 325 g/mol. The molecular formula is C19H20ClN3. The van der Waals surface area contributed by atoms with Crippen molar-refractivity contribution in [3.05, 3.63) is 59.1 Å². The van der Waals surface area contributed by atoms with E-state index in [0.29, 0.717) is 0 Å². The summed E-state index contributed by atoms with van der Waals surface area (Å²) >= 11 is 6.38. The fourth-order valence-electron chi connectivity index (χ4n) is 3.35. The van der Waals surface area contributed by atoms with E-state index >= 15 is 0 Å². The van der Waals surface area contributed by atoms with Crippen LogP contribution in [0.2, 0.25) is 5.02 Å². The highest BCUT2D eigenvalue weighted by Crippen LogP contribution is 2.27. The molecule has 0 unspecified atom stereocenters. The Morgan fingerprint density at radius 2 is 1.65 bits per heavy atom. The summed E-state index contributed by atoms with van der Waals surface area (Å²) in [7, 11) is 0. The van der Waals surface area contributed by atoms with E-state index < -0.39 is 0 Å². The van der Waals surface area contributed by atoms with Crippen molar-refractivity contribution in [2.45, 2.75) is 25.8 Å². The average molecular weight is 326 g/mol. The minimum Gasteiger partial charge on any atom is -0.342 e. The lowest BCUT2D eigenvalue weighted by atomic mass is 10.1. The number of aromatic nitrogens is 2. The number of rotatable bonds is 3. The zero-order valence-corrected chi connectivity index (χ0v) is 13.8. The van der Waals surface area contributed by atoms with Crippen molar-refractivity contribution in [1.82, 2.24) is 9.55 Å². The summed E-state index contributed by atoms with van der Waals surface area (Å²) < 4.78 is 2.31. The number of hydrogen-bond acceptors (Lipinski definition) is 2. The van der Waals surface area contributed by atoms with E-state index in [0.717, 1.165) is 41.7 Å². The van der Waals surface area contributed by atoms with Gasteiger partial charge in [-0.3, -0.25) is 0 Å². The summed E-state index contributed by atoms with van der Waals surface area (Å²) in [5.41, 5.74) is 3.36. The van der Waals surface area contributed by atoms with Gasteiger partial charge >= 0.3 is 0 Å². The maximum absolute atomic E-state index is 6.38. The summed E-state index contributed by atoms with van der Waals surface area (Å²) in [4.78, 5) is 7.32. The molecule has 0 saturated carbocycles. The van der Waals surface area contributed by atoms with Gasteiger partial charge in [0, 0.05) is 18.1 Å². The summed E-state index contributed by atoms with van der Waals surface area (Å²) in [6.07, 6.45) is 3.81. The van der Waals surface area contributed by atoms with Gasteiger partial charge < -0.3 is 9.47 Å². The maximum Gasteiger partial charge on any atom is 0.206 e. The number of anilines is 1. The lowest BCUT2D eigenvalue weighted by molar-refractivity contribution is 0.560. The fourth-order valence-corrected chi connectivity index (χ4v) is 3.55. The van der Waals surface area contributed by atoms with Crippen molar-refractivity contribution < 1.29 is 0 Å². The molecule has 2 aromatic carbocycles. The van der Waals surface area contributed by atoms with Gasteiger partial charge in [-0.25, -0.2) is 4.98 Å². The van der Waals surface area contributed by atoms with Crippen molar-refractivity contribution >= 4 is 28.6 Å². The molecule has 118 valence electrons. The Bertz CT molecular complexity index is 818. The molecule has 0 atom stereocenters. The van der Waals surface area contributed by atoms with Gasteiger partial charge in [0.25, 0.3) is 0 Å². The molecule has 1 saturated heterocycles. The Kier molecular flexibility index (Phi) is 3.96. The number of fused-ring (bicyclic) bond motifs is 1. The van der Waals surface area contributed by atoms with E-state index in [-0.39, 0.29) is 0 Å². The first kappa shape index (κ1) is 14.6. The Morgan fingerprint density at radius 1 is 0.913 bits per heavy atom. The quantitative estimate of drug-likeness (QED) is 0.694. The third-order valence-electron chi connectivity index (χ3n) is 4.56. The van der Waals surface area contributed by atoms with Gasteiger partial charge in [-0.1, -0.05) is 41.9 Å².